The third-order valence-electron chi connectivity index (χ3n) is 3.09. The fourth-order valence-corrected chi connectivity index (χ4v) is 1.94. The fourth-order valence-electron chi connectivity index (χ4n) is 1.94. The first-order valence-electron chi connectivity index (χ1n) is 6.47. The number of primary amides is 1. The molecule has 0 spiro atoms. The Morgan fingerprint density at radius 3 is 1.95 bits per heavy atom. The van der Waals surface area contributed by atoms with E-state index < -0.39 is 23.8 Å². The molecule has 1 unspecified atom stereocenters. The van der Waals surface area contributed by atoms with Gasteiger partial charge in [-0.2, -0.15) is 0 Å². The molecule has 0 aliphatic carbocycles. The van der Waals surface area contributed by atoms with E-state index in [4.69, 9.17) is 10.8 Å². The van der Waals surface area contributed by atoms with Gasteiger partial charge in [0, 0.05) is 5.56 Å². The lowest BCUT2D eigenvalue weighted by Gasteiger charge is -2.16. The second-order valence-electron chi connectivity index (χ2n) is 4.60. The van der Waals surface area contributed by atoms with E-state index in [-0.39, 0.29) is 11.1 Å². The molecule has 2 aromatic rings. The first-order valence-corrected chi connectivity index (χ1v) is 6.47. The Morgan fingerprint density at radius 1 is 0.909 bits per heavy atom. The summed E-state index contributed by atoms with van der Waals surface area (Å²) in [5.74, 6) is -2.27. The van der Waals surface area contributed by atoms with Gasteiger partial charge in [-0.05, 0) is 29.8 Å². The van der Waals surface area contributed by atoms with Crippen molar-refractivity contribution in [3.05, 3.63) is 71.3 Å². The summed E-state index contributed by atoms with van der Waals surface area (Å²) in [5, 5.41) is 11.4. The normalized spacial score (nSPS) is 11.5. The SMILES string of the molecule is NC(=O)C(NC(=O)c1ccc(C(=O)O)cc1)c1ccccc1. The number of carbonyl (C=O) groups excluding carboxylic acids is 2. The van der Waals surface area contributed by atoms with Crippen molar-refractivity contribution in [2.24, 2.45) is 5.73 Å². The van der Waals surface area contributed by atoms with E-state index in [1.807, 2.05) is 0 Å². The molecule has 0 aliphatic heterocycles. The first-order chi connectivity index (χ1) is 10.5. The molecule has 0 aliphatic rings. The quantitative estimate of drug-likeness (QED) is 0.773. The predicted molar refractivity (Wildman–Crippen MR) is 79.2 cm³/mol. The second-order valence-corrected chi connectivity index (χ2v) is 4.60. The molecule has 6 heteroatoms. The Labute approximate surface area is 126 Å². The Hall–Kier alpha value is -3.15. The lowest BCUT2D eigenvalue weighted by molar-refractivity contribution is -0.120. The van der Waals surface area contributed by atoms with Crippen LogP contribution in [0.2, 0.25) is 0 Å². The van der Waals surface area contributed by atoms with Crippen molar-refractivity contribution < 1.29 is 19.5 Å². The number of benzene rings is 2. The largest absolute Gasteiger partial charge is 0.478 e. The number of hydrogen-bond acceptors (Lipinski definition) is 3. The Kier molecular flexibility index (Phi) is 4.53. The number of nitrogens with two attached hydrogens (primary N) is 1. The van der Waals surface area contributed by atoms with Crippen molar-refractivity contribution in [2.45, 2.75) is 6.04 Å². The lowest BCUT2D eigenvalue weighted by atomic mass is 10.1. The number of rotatable bonds is 5. The van der Waals surface area contributed by atoms with Gasteiger partial charge >= 0.3 is 5.97 Å². The van der Waals surface area contributed by atoms with Gasteiger partial charge in [0.25, 0.3) is 5.91 Å². The van der Waals surface area contributed by atoms with E-state index in [2.05, 4.69) is 5.32 Å². The van der Waals surface area contributed by atoms with Crippen LogP contribution in [0, 0.1) is 0 Å². The minimum atomic E-state index is -1.08. The summed E-state index contributed by atoms with van der Waals surface area (Å²) >= 11 is 0. The van der Waals surface area contributed by atoms with Crippen LogP contribution in [-0.4, -0.2) is 22.9 Å². The van der Waals surface area contributed by atoms with Crippen molar-refractivity contribution >= 4 is 17.8 Å². The smallest absolute Gasteiger partial charge is 0.335 e. The van der Waals surface area contributed by atoms with Crippen LogP contribution in [0.3, 0.4) is 0 Å². The molecule has 0 fully saturated rings. The number of carboxylic acids is 1. The van der Waals surface area contributed by atoms with Gasteiger partial charge < -0.3 is 16.2 Å². The topological polar surface area (TPSA) is 109 Å². The molecular weight excluding hydrogens is 284 g/mol. The third kappa shape index (κ3) is 3.49. The molecule has 4 N–H and O–H groups in total. The van der Waals surface area contributed by atoms with E-state index >= 15 is 0 Å². The third-order valence-corrected chi connectivity index (χ3v) is 3.09. The van der Waals surface area contributed by atoms with Crippen LogP contribution >= 0.6 is 0 Å². The zero-order valence-corrected chi connectivity index (χ0v) is 11.5. The van der Waals surface area contributed by atoms with E-state index in [0.717, 1.165) is 0 Å². The molecule has 0 bridgehead atoms. The summed E-state index contributed by atoms with van der Waals surface area (Å²) in [6, 6.07) is 13.1. The van der Waals surface area contributed by atoms with Gasteiger partial charge in [-0.3, -0.25) is 9.59 Å². The summed E-state index contributed by atoms with van der Waals surface area (Å²) in [4.78, 5) is 34.5. The van der Waals surface area contributed by atoms with E-state index in [1.54, 1.807) is 30.3 Å². The highest BCUT2D eigenvalue weighted by atomic mass is 16.4. The summed E-state index contributed by atoms with van der Waals surface area (Å²) in [5.41, 5.74) is 6.22. The molecule has 22 heavy (non-hydrogen) atoms. The summed E-state index contributed by atoms with van der Waals surface area (Å²) < 4.78 is 0. The zero-order valence-electron chi connectivity index (χ0n) is 11.5. The van der Waals surface area contributed by atoms with Crippen molar-refractivity contribution in [1.82, 2.24) is 5.32 Å². The molecule has 2 amide bonds. The van der Waals surface area contributed by atoms with Crippen LogP contribution in [0.5, 0.6) is 0 Å². The van der Waals surface area contributed by atoms with Crippen molar-refractivity contribution in [3.8, 4) is 0 Å². The Bertz CT molecular complexity index is 696. The molecule has 112 valence electrons. The van der Waals surface area contributed by atoms with Crippen molar-refractivity contribution in [2.75, 3.05) is 0 Å². The highest BCUT2D eigenvalue weighted by Gasteiger charge is 2.20. The summed E-state index contributed by atoms with van der Waals surface area (Å²) in [7, 11) is 0. The van der Waals surface area contributed by atoms with Gasteiger partial charge in [0.1, 0.15) is 6.04 Å². The molecule has 0 saturated heterocycles. The average molecular weight is 298 g/mol. The molecule has 1 atom stereocenters. The average Bonchev–Trinajstić information content (AvgIpc) is 2.53. The van der Waals surface area contributed by atoms with Crippen LogP contribution in [0.1, 0.15) is 32.3 Å². The van der Waals surface area contributed by atoms with E-state index in [1.165, 1.54) is 24.3 Å². The van der Waals surface area contributed by atoms with Gasteiger partial charge in [-0.25, -0.2) is 4.79 Å². The molecule has 0 aromatic heterocycles. The van der Waals surface area contributed by atoms with Crippen LogP contribution in [0.4, 0.5) is 0 Å². The standard InChI is InChI=1S/C16H14N2O4/c17-14(19)13(10-4-2-1-3-5-10)18-15(20)11-6-8-12(9-7-11)16(21)22/h1-9,13H,(H2,17,19)(H,18,20)(H,21,22). The minimum Gasteiger partial charge on any atom is -0.478 e. The van der Waals surface area contributed by atoms with Gasteiger partial charge in [-0.15, -0.1) is 0 Å². The van der Waals surface area contributed by atoms with Crippen LogP contribution in [-0.2, 0) is 4.79 Å². The Balaban J connectivity index is 2.18. The number of nitrogens with one attached hydrogen (secondary N) is 1. The predicted octanol–water partition coefficient (Wildman–Crippen LogP) is 1.34. The van der Waals surface area contributed by atoms with Crippen LogP contribution in [0.15, 0.2) is 54.6 Å². The van der Waals surface area contributed by atoms with Crippen LogP contribution in [0.25, 0.3) is 0 Å². The maximum atomic E-state index is 12.1. The molecule has 6 nitrogen and oxygen atoms in total. The summed E-state index contributed by atoms with van der Waals surface area (Å²) in [6.45, 7) is 0. The van der Waals surface area contributed by atoms with Gasteiger partial charge in [0.15, 0.2) is 0 Å². The van der Waals surface area contributed by atoms with Gasteiger partial charge in [0.05, 0.1) is 5.56 Å². The molecule has 2 rings (SSSR count). The second kappa shape index (κ2) is 6.53. The lowest BCUT2D eigenvalue weighted by Crippen LogP contribution is -2.37. The minimum absolute atomic E-state index is 0.0751. The number of hydrogen-bond donors (Lipinski definition) is 3. The zero-order chi connectivity index (χ0) is 16.1. The van der Waals surface area contributed by atoms with Crippen molar-refractivity contribution in [1.29, 1.82) is 0 Å². The molecule has 2 aromatic carbocycles. The maximum Gasteiger partial charge on any atom is 0.335 e. The number of amides is 2. The maximum absolute atomic E-state index is 12.1. The molecule has 0 heterocycles. The number of carboxylic acid groups (broad SMARTS) is 1. The molecular formula is C16H14N2O4. The number of aromatic carboxylic acids is 1. The van der Waals surface area contributed by atoms with E-state index in [0.29, 0.717) is 5.56 Å². The summed E-state index contributed by atoms with van der Waals surface area (Å²) in [6.07, 6.45) is 0. The molecule has 0 saturated carbocycles. The Morgan fingerprint density at radius 2 is 1.45 bits per heavy atom. The monoisotopic (exact) mass is 298 g/mol. The first kappa shape index (κ1) is 15.2. The fraction of sp³-hybridized carbons (Fsp3) is 0.0625. The van der Waals surface area contributed by atoms with E-state index in [9.17, 15) is 14.4 Å². The highest BCUT2D eigenvalue weighted by molar-refractivity contribution is 5.98. The van der Waals surface area contributed by atoms with Gasteiger partial charge in [0.2, 0.25) is 5.91 Å². The number of carbonyl (C=O) groups is 3. The highest BCUT2D eigenvalue weighted by Crippen LogP contribution is 2.13. The van der Waals surface area contributed by atoms with Crippen molar-refractivity contribution in [3.63, 3.8) is 0 Å². The molecule has 0 radical (unpaired) electrons. The van der Waals surface area contributed by atoms with Crippen LogP contribution < -0.4 is 11.1 Å². The van der Waals surface area contributed by atoms with Gasteiger partial charge in [-0.1, -0.05) is 30.3 Å².